The average Bonchev–Trinajstić information content (AvgIpc) is 2.60. The van der Waals surface area contributed by atoms with Gasteiger partial charge in [-0.1, -0.05) is 36.4 Å². The standard InChI is InChI=1S/C15H10N2O2.2CHNO/c18-10-16-14-7-3-1-5-12(14)9-13-6-2-4-8-15(13)17-11-19;2*2-1-3/h1-8H,9H2;2*2H. The predicted molar refractivity (Wildman–Crippen MR) is 88.1 cm³/mol. The maximum atomic E-state index is 10.4. The van der Waals surface area contributed by atoms with Crippen LogP contribution >= 0.6 is 0 Å². The molecular formula is C17H12N4O4. The van der Waals surface area contributed by atoms with Crippen molar-refractivity contribution < 1.29 is 19.2 Å². The lowest BCUT2D eigenvalue weighted by molar-refractivity contribution is 0.562. The van der Waals surface area contributed by atoms with Crippen LogP contribution in [0.5, 0.6) is 0 Å². The molecule has 0 aliphatic carbocycles. The van der Waals surface area contributed by atoms with Gasteiger partial charge in [-0.2, -0.15) is 9.98 Å². The van der Waals surface area contributed by atoms with Gasteiger partial charge in [0.2, 0.25) is 24.3 Å². The predicted octanol–water partition coefficient (Wildman–Crippen LogP) is 3.01. The van der Waals surface area contributed by atoms with Crippen molar-refractivity contribution in [2.75, 3.05) is 0 Å². The van der Waals surface area contributed by atoms with E-state index >= 15 is 0 Å². The average molecular weight is 336 g/mol. The third-order valence-electron chi connectivity index (χ3n) is 2.70. The molecule has 2 aromatic rings. The quantitative estimate of drug-likeness (QED) is 0.653. The molecule has 124 valence electrons. The number of hydrogen-bond donors (Lipinski definition) is 2. The van der Waals surface area contributed by atoms with E-state index in [-0.39, 0.29) is 0 Å². The van der Waals surface area contributed by atoms with Crippen LogP contribution in [-0.2, 0) is 25.6 Å². The van der Waals surface area contributed by atoms with Crippen LogP contribution in [0.1, 0.15) is 11.1 Å². The second-order valence-electron chi connectivity index (χ2n) is 4.04. The van der Waals surface area contributed by atoms with Crippen LogP contribution in [0.25, 0.3) is 0 Å². The molecular weight excluding hydrogens is 324 g/mol. The normalized spacial score (nSPS) is 7.68. The van der Waals surface area contributed by atoms with E-state index in [1.165, 1.54) is 12.2 Å². The smallest absolute Gasteiger partial charge is 0.222 e. The van der Waals surface area contributed by atoms with Gasteiger partial charge in [-0.3, -0.25) is 0 Å². The fourth-order valence-corrected chi connectivity index (χ4v) is 1.84. The van der Waals surface area contributed by atoms with Crippen molar-refractivity contribution in [2.24, 2.45) is 9.98 Å². The summed E-state index contributed by atoms with van der Waals surface area (Å²) in [5.41, 5.74) is 2.89. The largest absolute Gasteiger partial charge is 0.240 e. The first kappa shape index (κ1) is 21.0. The summed E-state index contributed by atoms with van der Waals surface area (Å²) in [6.07, 6.45) is 5.11. The molecule has 2 aromatic carbocycles. The molecule has 0 aliphatic rings. The van der Waals surface area contributed by atoms with Crippen LogP contribution in [0, 0.1) is 10.8 Å². The van der Waals surface area contributed by atoms with Crippen molar-refractivity contribution >= 4 is 35.7 Å². The Balaban J connectivity index is 0.000000844. The van der Waals surface area contributed by atoms with Gasteiger partial charge in [0.05, 0.1) is 11.4 Å². The van der Waals surface area contributed by atoms with E-state index in [1.54, 1.807) is 24.3 Å². The summed E-state index contributed by atoms with van der Waals surface area (Å²) in [6, 6.07) is 14.6. The minimum Gasteiger partial charge on any atom is -0.222 e. The molecule has 0 radical (unpaired) electrons. The number of aliphatic imine (C=N–C) groups is 2. The Kier molecular flexibility index (Phi) is 11.4. The minimum atomic E-state index is 0.530. The molecule has 2 N–H and O–H groups in total. The first-order valence-corrected chi connectivity index (χ1v) is 6.57. The fraction of sp³-hybridized carbons (Fsp3) is 0.0588. The molecule has 0 spiro atoms. The summed E-state index contributed by atoms with van der Waals surface area (Å²) >= 11 is 0. The topological polar surface area (TPSA) is 141 Å². The van der Waals surface area contributed by atoms with E-state index < -0.39 is 0 Å². The molecule has 8 heteroatoms. The summed E-state index contributed by atoms with van der Waals surface area (Å²) in [5.74, 6) is 0. The van der Waals surface area contributed by atoms with E-state index in [4.69, 9.17) is 20.4 Å². The second kappa shape index (κ2) is 13.6. The Morgan fingerprint density at radius 3 is 1.32 bits per heavy atom. The van der Waals surface area contributed by atoms with E-state index in [1.807, 2.05) is 24.3 Å². The number of hydrogen-bond acceptors (Lipinski definition) is 8. The zero-order valence-corrected chi connectivity index (χ0v) is 12.9. The molecule has 25 heavy (non-hydrogen) atoms. The molecule has 2 rings (SSSR count). The Morgan fingerprint density at radius 1 is 0.680 bits per heavy atom. The van der Waals surface area contributed by atoms with Crippen LogP contribution < -0.4 is 0 Å². The Bertz CT molecular complexity index is 783. The van der Waals surface area contributed by atoms with Gasteiger partial charge >= 0.3 is 0 Å². The highest BCUT2D eigenvalue weighted by atomic mass is 16.1. The second-order valence-corrected chi connectivity index (χ2v) is 4.04. The van der Waals surface area contributed by atoms with Crippen molar-refractivity contribution in [3.8, 4) is 0 Å². The van der Waals surface area contributed by atoms with Crippen molar-refractivity contribution in [1.29, 1.82) is 10.8 Å². The lowest BCUT2D eigenvalue weighted by atomic mass is 10.0. The highest BCUT2D eigenvalue weighted by Crippen LogP contribution is 2.26. The van der Waals surface area contributed by atoms with Gasteiger partial charge in [0, 0.05) is 6.42 Å². The van der Waals surface area contributed by atoms with Crippen LogP contribution in [0.4, 0.5) is 11.4 Å². The van der Waals surface area contributed by atoms with Crippen molar-refractivity contribution in [1.82, 2.24) is 0 Å². The highest BCUT2D eigenvalue weighted by molar-refractivity contribution is 5.59. The first-order valence-electron chi connectivity index (χ1n) is 6.57. The van der Waals surface area contributed by atoms with Crippen LogP contribution in [0.3, 0.4) is 0 Å². The minimum absolute atomic E-state index is 0.530. The van der Waals surface area contributed by atoms with E-state index in [2.05, 4.69) is 9.98 Å². The van der Waals surface area contributed by atoms with E-state index in [9.17, 15) is 9.59 Å². The van der Waals surface area contributed by atoms with Gasteiger partial charge in [-0.15, -0.1) is 0 Å². The van der Waals surface area contributed by atoms with E-state index in [0.717, 1.165) is 23.3 Å². The zero-order chi connectivity index (χ0) is 18.9. The van der Waals surface area contributed by atoms with Gasteiger partial charge in [0.1, 0.15) is 0 Å². The monoisotopic (exact) mass is 336 g/mol. The van der Waals surface area contributed by atoms with Gasteiger partial charge < -0.3 is 0 Å². The van der Waals surface area contributed by atoms with Crippen molar-refractivity contribution in [3.05, 3.63) is 59.7 Å². The molecule has 0 saturated carbocycles. The molecule has 0 unspecified atom stereocenters. The number of benzene rings is 2. The third-order valence-corrected chi connectivity index (χ3v) is 2.70. The highest BCUT2D eigenvalue weighted by Gasteiger charge is 2.05. The summed E-state index contributed by atoms with van der Waals surface area (Å²) in [6.45, 7) is 0. The lowest BCUT2D eigenvalue weighted by Gasteiger charge is -2.06. The fourth-order valence-electron chi connectivity index (χ4n) is 1.84. The van der Waals surface area contributed by atoms with Gasteiger partial charge in [-0.05, 0) is 23.3 Å². The maximum absolute atomic E-state index is 10.4. The molecule has 0 atom stereocenters. The number of nitrogens with one attached hydrogen (secondary N) is 2. The number of para-hydroxylation sites is 2. The van der Waals surface area contributed by atoms with Crippen LogP contribution in [0.2, 0.25) is 0 Å². The number of carbonyl (C=O) groups excluding carboxylic acids is 4. The van der Waals surface area contributed by atoms with Gasteiger partial charge in [0.15, 0.2) is 0 Å². The van der Waals surface area contributed by atoms with Crippen LogP contribution in [-0.4, -0.2) is 24.3 Å². The van der Waals surface area contributed by atoms with Crippen molar-refractivity contribution in [2.45, 2.75) is 6.42 Å². The number of isocyanates is 4. The molecule has 0 amide bonds. The molecule has 8 nitrogen and oxygen atoms in total. The Hall–Kier alpha value is -4.04. The molecule has 0 aliphatic heterocycles. The Morgan fingerprint density at radius 2 is 1.00 bits per heavy atom. The summed E-state index contributed by atoms with van der Waals surface area (Å²) < 4.78 is 0. The molecule has 0 aromatic heterocycles. The third kappa shape index (κ3) is 8.24. The maximum Gasteiger partial charge on any atom is 0.240 e. The number of nitrogens with zero attached hydrogens (tertiary/aromatic N) is 2. The molecule has 0 bridgehead atoms. The number of rotatable bonds is 4. The van der Waals surface area contributed by atoms with Crippen molar-refractivity contribution in [3.63, 3.8) is 0 Å². The molecule has 0 saturated heterocycles. The SMILES string of the molecule is N=C=O.N=C=O.O=C=Nc1ccccc1Cc1ccccc1N=C=O. The van der Waals surface area contributed by atoms with Gasteiger partial charge in [0.25, 0.3) is 0 Å². The summed E-state index contributed by atoms with van der Waals surface area (Å²) in [7, 11) is 0. The summed E-state index contributed by atoms with van der Waals surface area (Å²) in [5, 5.41) is 10.8. The first-order chi connectivity index (χ1) is 12.2. The van der Waals surface area contributed by atoms with Gasteiger partial charge in [-0.25, -0.2) is 30.0 Å². The van der Waals surface area contributed by atoms with Crippen LogP contribution in [0.15, 0.2) is 58.5 Å². The van der Waals surface area contributed by atoms with E-state index in [0.29, 0.717) is 17.8 Å². The lowest BCUT2D eigenvalue weighted by Crippen LogP contribution is -1.89. The molecule has 0 fully saturated rings. The zero-order valence-electron chi connectivity index (χ0n) is 12.9. The molecule has 0 heterocycles. The summed E-state index contributed by atoms with van der Waals surface area (Å²) in [4.78, 5) is 44.8. The Labute approximate surface area is 142 Å².